The van der Waals surface area contributed by atoms with Gasteiger partial charge in [-0.25, -0.2) is 0 Å². The number of carbonyl (C=O) groups excluding carboxylic acids is 1. The predicted octanol–water partition coefficient (Wildman–Crippen LogP) is 3.59. The van der Waals surface area contributed by atoms with E-state index in [9.17, 15) is 4.79 Å². The SMILES string of the molecule is CCCCOc1ccc([C@@H]2CC(=O)Nc3c2c(C)nn3-c2ccc3nnc(C)n3n2)cc1OC. The lowest BCUT2D eigenvalue weighted by Gasteiger charge is -2.25. The summed E-state index contributed by atoms with van der Waals surface area (Å²) in [7, 11) is 1.63. The summed E-state index contributed by atoms with van der Waals surface area (Å²) < 4.78 is 14.8. The van der Waals surface area contributed by atoms with Crippen molar-refractivity contribution in [1.29, 1.82) is 0 Å². The monoisotopic (exact) mass is 461 g/mol. The lowest BCUT2D eigenvalue weighted by Crippen LogP contribution is -2.25. The maximum Gasteiger partial charge on any atom is 0.226 e. The molecule has 3 aromatic heterocycles. The number of amides is 1. The summed E-state index contributed by atoms with van der Waals surface area (Å²) >= 11 is 0. The molecule has 0 unspecified atom stereocenters. The number of unbranched alkanes of at least 4 members (excludes halogenated alkanes) is 1. The highest BCUT2D eigenvalue weighted by Gasteiger charge is 2.33. The van der Waals surface area contributed by atoms with Crippen molar-refractivity contribution in [2.24, 2.45) is 0 Å². The van der Waals surface area contributed by atoms with E-state index < -0.39 is 0 Å². The first kappa shape index (κ1) is 21.9. The lowest BCUT2D eigenvalue weighted by molar-refractivity contribution is -0.116. The minimum Gasteiger partial charge on any atom is -0.493 e. The summed E-state index contributed by atoms with van der Waals surface area (Å²) in [6.07, 6.45) is 2.35. The molecule has 4 heterocycles. The number of fused-ring (bicyclic) bond motifs is 2. The molecule has 0 fully saturated rings. The third-order valence-electron chi connectivity index (χ3n) is 6.07. The molecule has 0 saturated carbocycles. The number of methoxy groups -OCH3 is 1. The smallest absolute Gasteiger partial charge is 0.226 e. The zero-order valence-electron chi connectivity index (χ0n) is 19.7. The van der Waals surface area contributed by atoms with Gasteiger partial charge in [-0.1, -0.05) is 19.4 Å². The van der Waals surface area contributed by atoms with Crippen LogP contribution < -0.4 is 14.8 Å². The quantitative estimate of drug-likeness (QED) is 0.419. The predicted molar refractivity (Wildman–Crippen MR) is 126 cm³/mol. The number of anilines is 1. The summed E-state index contributed by atoms with van der Waals surface area (Å²) in [6.45, 7) is 6.54. The Bertz CT molecular complexity index is 1370. The fraction of sp³-hybridized carbons (Fsp3) is 0.375. The molecule has 4 aromatic rings. The van der Waals surface area contributed by atoms with Crippen molar-refractivity contribution in [3.63, 3.8) is 0 Å². The average Bonchev–Trinajstić information content (AvgIpc) is 3.38. The van der Waals surface area contributed by atoms with Crippen LogP contribution in [-0.4, -0.2) is 49.2 Å². The van der Waals surface area contributed by atoms with Crippen LogP contribution in [0.15, 0.2) is 30.3 Å². The van der Waals surface area contributed by atoms with Crippen molar-refractivity contribution >= 4 is 17.4 Å². The molecule has 10 nitrogen and oxygen atoms in total. The van der Waals surface area contributed by atoms with Crippen molar-refractivity contribution in [1.82, 2.24) is 29.6 Å². The molecular weight excluding hydrogens is 434 g/mol. The van der Waals surface area contributed by atoms with Gasteiger partial charge >= 0.3 is 0 Å². The number of aryl methyl sites for hydroxylation is 2. The second-order valence-corrected chi connectivity index (χ2v) is 8.39. The number of hydrogen-bond donors (Lipinski definition) is 1. The van der Waals surface area contributed by atoms with Crippen molar-refractivity contribution in [2.75, 3.05) is 19.0 Å². The Morgan fingerprint density at radius 2 is 1.97 bits per heavy atom. The third-order valence-corrected chi connectivity index (χ3v) is 6.07. The van der Waals surface area contributed by atoms with E-state index in [1.54, 1.807) is 16.3 Å². The molecule has 10 heteroatoms. The highest BCUT2D eigenvalue weighted by atomic mass is 16.5. The minimum atomic E-state index is -0.170. The molecule has 1 aromatic carbocycles. The second kappa shape index (κ2) is 8.77. The van der Waals surface area contributed by atoms with Crippen molar-refractivity contribution in [2.45, 2.75) is 46.0 Å². The van der Waals surface area contributed by atoms with Gasteiger partial charge in [-0.2, -0.15) is 14.3 Å². The van der Waals surface area contributed by atoms with Crippen LogP contribution in [0.1, 0.15) is 54.7 Å². The van der Waals surface area contributed by atoms with Crippen LogP contribution >= 0.6 is 0 Å². The highest BCUT2D eigenvalue weighted by Crippen LogP contribution is 2.42. The number of nitrogens with zero attached hydrogens (tertiary/aromatic N) is 6. The molecule has 176 valence electrons. The van der Waals surface area contributed by atoms with E-state index in [0.29, 0.717) is 47.6 Å². The summed E-state index contributed by atoms with van der Waals surface area (Å²) in [6, 6.07) is 9.52. The standard InChI is InChI=1S/C24H27N7O3/c1-5-6-11-34-18-8-7-16(12-19(18)33-4)17-13-22(32)25-24-23(17)14(2)28-31(24)21-10-9-20-27-26-15(3)30(20)29-21/h7-10,12,17H,5-6,11,13H2,1-4H3,(H,25,32)/t17-/m0/s1. The maximum atomic E-state index is 12.8. The van der Waals surface area contributed by atoms with Gasteiger partial charge in [0.05, 0.1) is 19.4 Å². The van der Waals surface area contributed by atoms with E-state index in [0.717, 1.165) is 29.7 Å². The molecule has 1 amide bonds. The highest BCUT2D eigenvalue weighted by molar-refractivity contribution is 5.95. The third kappa shape index (κ3) is 3.74. The number of benzene rings is 1. The van der Waals surface area contributed by atoms with E-state index >= 15 is 0 Å². The van der Waals surface area contributed by atoms with Crippen molar-refractivity contribution < 1.29 is 14.3 Å². The van der Waals surface area contributed by atoms with Gasteiger partial charge in [0.25, 0.3) is 0 Å². The fourth-order valence-electron chi connectivity index (χ4n) is 4.34. The lowest BCUT2D eigenvalue weighted by atomic mass is 9.85. The Balaban J connectivity index is 1.56. The van der Waals surface area contributed by atoms with Gasteiger partial charge in [-0.3, -0.25) is 4.79 Å². The fourth-order valence-corrected chi connectivity index (χ4v) is 4.34. The van der Waals surface area contributed by atoms with Crippen LogP contribution in [-0.2, 0) is 4.79 Å². The van der Waals surface area contributed by atoms with Gasteiger partial charge in [0, 0.05) is 17.9 Å². The Morgan fingerprint density at radius 3 is 2.76 bits per heavy atom. The number of nitrogens with one attached hydrogen (secondary N) is 1. The number of aromatic nitrogens is 6. The normalized spacial score (nSPS) is 15.3. The van der Waals surface area contributed by atoms with E-state index in [1.807, 2.05) is 44.2 Å². The van der Waals surface area contributed by atoms with Gasteiger partial charge in [-0.05, 0) is 50.1 Å². The van der Waals surface area contributed by atoms with Gasteiger partial charge in [-0.15, -0.1) is 15.3 Å². The number of carbonyl (C=O) groups is 1. The van der Waals surface area contributed by atoms with Crippen LogP contribution in [0.2, 0.25) is 0 Å². The first-order valence-corrected chi connectivity index (χ1v) is 11.4. The summed E-state index contributed by atoms with van der Waals surface area (Å²) in [5.74, 6) is 2.97. The molecule has 0 aliphatic carbocycles. The largest absolute Gasteiger partial charge is 0.493 e. The van der Waals surface area contributed by atoms with Crippen molar-refractivity contribution in [3.8, 4) is 17.3 Å². The van der Waals surface area contributed by atoms with Crippen LogP contribution in [0.3, 0.4) is 0 Å². The van der Waals surface area contributed by atoms with E-state index in [-0.39, 0.29) is 11.8 Å². The molecular formula is C24H27N7O3. The van der Waals surface area contributed by atoms with Crippen LogP contribution in [0.5, 0.6) is 11.5 Å². The minimum absolute atomic E-state index is 0.0811. The molecule has 5 rings (SSSR count). The maximum absolute atomic E-state index is 12.8. The number of hydrogen-bond acceptors (Lipinski definition) is 7. The molecule has 1 N–H and O–H groups in total. The second-order valence-electron chi connectivity index (χ2n) is 8.39. The van der Waals surface area contributed by atoms with Crippen LogP contribution in [0, 0.1) is 13.8 Å². The van der Waals surface area contributed by atoms with Crippen LogP contribution in [0.4, 0.5) is 5.82 Å². The number of ether oxygens (including phenoxy) is 2. The molecule has 34 heavy (non-hydrogen) atoms. The molecule has 0 saturated heterocycles. The molecule has 1 aliphatic heterocycles. The van der Waals surface area contributed by atoms with Gasteiger partial charge in [0.15, 0.2) is 28.8 Å². The number of rotatable bonds is 7. The first-order chi connectivity index (χ1) is 16.5. The zero-order chi connectivity index (χ0) is 23.8. The van der Waals surface area contributed by atoms with E-state index in [2.05, 4.69) is 27.5 Å². The Morgan fingerprint density at radius 1 is 1.12 bits per heavy atom. The zero-order valence-corrected chi connectivity index (χ0v) is 19.7. The van der Waals surface area contributed by atoms with E-state index in [4.69, 9.17) is 14.6 Å². The van der Waals surface area contributed by atoms with Gasteiger partial charge in [0.1, 0.15) is 5.82 Å². The topological polar surface area (TPSA) is 108 Å². The molecule has 0 radical (unpaired) electrons. The summed E-state index contributed by atoms with van der Waals surface area (Å²) in [5.41, 5.74) is 3.40. The molecule has 1 aliphatic rings. The molecule has 0 spiro atoms. The first-order valence-electron chi connectivity index (χ1n) is 11.4. The summed E-state index contributed by atoms with van der Waals surface area (Å²) in [4.78, 5) is 12.8. The average molecular weight is 462 g/mol. The Kier molecular flexibility index (Phi) is 5.64. The summed E-state index contributed by atoms with van der Waals surface area (Å²) in [5, 5.41) is 20.5. The molecule has 0 bridgehead atoms. The Hall–Kier alpha value is -3.95. The van der Waals surface area contributed by atoms with E-state index in [1.165, 1.54) is 0 Å². The Labute approximate surface area is 196 Å². The van der Waals surface area contributed by atoms with Gasteiger partial charge in [0.2, 0.25) is 5.91 Å². The van der Waals surface area contributed by atoms with Gasteiger partial charge < -0.3 is 14.8 Å². The molecule has 1 atom stereocenters. The van der Waals surface area contributed by atoms with Crippen molar-refractivity contribution in [3.05, 3.63) is 53.0 Å². The van der Waals surface area contributed by atoms with Crippen LogP contribution in [0.25, 0.3) is 11.5 Å².